The average molecular weight is 516 g/mol. The molecule has 0 aliphatic heterocycles. The Kier molecular flexibility index (Phi) is 12.0. The molecule has 0 radical (unpaired) electrons. The highest BCUT2D eigenvalue weighted by Crippen LogP contribution is 2.24. The number of nitrogens with one attached hydrogen (secondary N) is 3. The number of carbonyl (C=O) groups is 1. The highest BCUT2D eigenvalue weighted by molar-refractivity contribution is 14.0. The summed E-state index contributed by atoms with van der Waals surface area (Å²) >= 11 is 0. The van der Waals surface area contributed by atoms with Crippen LogP contribution in [0.25, 0.3) is 0 Å². The molecule has 2 rings (SSSR count). The third-order valence-electron chi connectivity index (χ3n) is 4.75. The number of aliphatic imine (C=N–C) groups is 1. The number of rotatable bonds is 8. The molecule has 0 bridgehead atoms. The standard InChI is InChI=1S/C22H36N4O2.HI/c1-5-23-22(24-15-17(4)28-20-12-7-6-8-13-20)26-19-11-9-10-18(14-19)21(27)25-16(2)3;/h6-8,12-13,16-19H,5,9-11,14-15H2,1-4H3,(H,25,27)(H2,23,24,26);1H. The monoisotopic (exact) mass is 516 g/mol. The minimum atomic E-state index is -0.0196. The largest absolute Gasteiger partial charge is 0.489 e. The number of para-hydroxylation sites is 1. The molecule has 1 aromatic rings. The molecule has 29 heavy (non-hydrogen) atoms. The van der Waals surface area contributed by atoms with Crippen LogP contribution in [0.15, 0.2) is 35.3 Å². The normalized spacial score (nSPS) is 20.4. The topological polar surface area (TPSA) is 74.8 Å². The summed E-state index contributed by atoms with van der Waals surface area (Å²) < 4.78 is 5.90. The zero-order chi connectivity index (χ0) is 20.4. The van der Waals surface area contributed by atoms with Gasteiger partial charge in [0.15, 0.2) is 5.96 Å². The van der Waals surface area contributed by atoms with E-state index in [0.717, 1.165) is 43.9 Å². The highest BCUT2D eigenvalue weighted by Gasteiger charge is 2.28. The number of carbonyl (C=O) groups excluding carboxylic acids is 1. The van der Waals surface area contributed by atoms with Crippen molar-refractivity contribution in [3.05, 3.63) is 30.3 Å². The molecular formula is C22H37IN4O2. The van der Waals surface area contributed by atoms with Gasteiger partial charge in [0.25, 0.3) is 0 Å². The van der Waals surface area contributed by atoms with E-state index >= 15 is 0 Å². The van der Waals surface area contributed by atoms with Crippen molar-refractivity contribution in [2.24, 2.45) is 10.9 Å². The molecule has 6 nitrogen and oxygen atoms in total. The number of nitrogens with zero attached hydrogens (tertiary/aromatic N) is 1. The fourth-order valence-electron chi connectivity index (χ4n) is 3.46. The zero-order valence-electron chi connectivity index (χ0n) is 18.1. The van der Waals surface area contributed by atoms with Crippen molar-refractivity contribution in [2.45, 2.75) is 71.6 Å². The zero-order valence-corrected chi connectivity index (χ0v) is 20.4. The summed E-state index contributed by atoms with van der Waals surface area (Å²) in [6.07, 6.45) is 3.91. The molecule has 1 fully saturated rings. The Hall–Kier alpha value is -1.51. The van der Waals surface area contributed by atoms with Crippen molar-refractivity contribution in [2.75, 3.05) is 13.1 Å². The lowest BCUT2D eigenvalue weighted by molar-refractivity contribution is -0.126. The Morgan fingerprint density at radius 2 is 1.93 bits per heavy atom. The summed E-state index contributed by atoms with van der Waals surface area (Å²) in [5.74, 6) is 1.90. The lowest BCUT2D eigenvalue weighted by Crippen LogP contribution is -2.47. The molecule has 1 amide bonds. The van der Waals surface area contributed by atoms with Gasteiger partial charge in [-0.2, -0.15) is 0 Å². The van der Waals surface area contributed by atoms with Gasteiger partial charge in [-0.05, 0) is 59.1 Å². The van der Waals surface area contributed by atoms with Gasteiger partial charge in [-0.25, -0.2) is 4.99 Å². The summed E-state index contributed by atoms with van der Waals surface area (Å²) in [4.78, 5) is 17.0. The summed E-state index contributed by atoms with van der Waals surface area (Å²) in [7, 11) is 0. The van der Waals surface area contributed by atoms with Crippen LogP contribution in [-0.4, -0.2) is 43.1 Å². The second-order valence-electron chi connectivity index (χ2n) is 7.83. The van der Waals surface area contributed by atoms with Crippen molar-refractivity contribution in [1.82, 2.24) is 16.0 Å². The van der Waals surface area contributed by atoms with Crippen LogP contribution in [0.1, 0.15) is 53.4 Å². The first-order valence-electron chi connectivity index (χ1n) is 10.5. The SMILES string of the molecule is CCNC(=NCC(C)Oc1ccccc1)NC1CCCC(C(=O)NC(C)C)C1.I. The van der Waals surface area contributed by atoms with E-state index in [1.54, 1.807) is 0 Å². The van der Waals surface area contributed by atoms with Crippen molar-refractivity contribution in [3.63, 3.8) is 0 Å². The van der Waals surface area contributed by atoms with Gasteiger partial charge < -0.3 is 20.7 Å². The van der Waals surface area contributed by atoms with E-state index in [0.29, 0.717) is 6.54 Å². The van der Waals surface area contributed by atoms with Gasteiger partial charge in [0, 0.05) is 24.5 Å². The van der Waals surface area contributed by atoms with Gasteiger partial charge in [-0.15, -0.1) is 24.0 Å². The number of guanidine groups is 1. The van der Waals surface area contributed by atoms with Gasteiger partial charge in [0.1, 0.15) is 11.9 Å². The summed E-state index contributed by atoms with van der Waals surface area (Å²) in [5, 5.41) is 9.87. The van der Waals surface area contributed by atoms with Gasteiger partial charge in [0.2, 0.25) is 5.91 Å². The molecule has 0 heterocycles. The lowest BCUT2D eigenvalue weighted by atomic mass is 9.85. The van der Waals surface area contributed by atoms with Crippen LogP contribution in [0.2, 0.25) is 0 Å². The Morgan fingerprint density at radius 3 is 2.59 bits per heavy atom. The molecule has 164 valence electrons. The number of benzene rings is 1. The predicted octanol–water partition coefficient (Wildman–Crippen LogP) is 3.71. The average Bonchev–Trinajstić information content (AvgIpc) is 2.67. The van der Waals surface area contributed by atoms with Gasteiger partial charge in [-0.3, -0.25) is 4.79 Å². The van der Waals surface area contributed by atoms with Crippen LogP contribution < -0.4 is 20.7 Å². The maximum atomic E-state index is 12.4. The van der Waals surface area contributed by atoms with Crippen molar-refractivity contribution in [1.29, 1.82) is 0 Å². The predicted molar refractivity (Wildman–Crippen MR) is 130 cm³/mol. The molecule has 7 heteroatoms. The van der Waals surface area contributed by atoms with Crippen LogP contribution in [0.3, 0.4) is 0 Å². The lowest BCUT2D eigenvalue weighted by Gasteiger charge is -2.30. The Bertz CT molecular complexity index is 624. The number of ether oxygens (including phenoxy) is 1. The fraction of sp³-hybridized carbons (Fsp3) is 0.636. The van der Waals surface area contributed by atoms with Crippen LogP contribution in [0.5, 0.6) is 5.75 Å². The van der Waals surface area contributed by atoms with Crippen molar-refractivity contribution >= 4 is 35.8 Å². The van der Waals surface area contributed by atoms with E-state index in [9.17, 15) is 4.79 Å². The van der Waals surface area contributed by atoms with E-state index in [1.165, 1.54) is 0 Å². The van der Waals surface area contributed by atoms with Gasteiger partial charge >= 0.3 is 0 Å². The maximum Gasteiger partial charge on any atom is 0.223 e. The number of halogens is 1. The van der Waals surface area contributed by atoms with Crippen molar-refractivity contribution < 1.29 is 9.53 Å². The fourth-order valence-corrected chi connectivity index (χ4v) is 3.46. The first-order chi connectivity index (χ1) is 13.5. The maximum absolute atomic E-state index is 12.4. The third kappa shape index (κ3) is 9.69. The molecular weight excluding hydrogens is 479 g/mol. The van der Waals surface area contributed by atoms with Crippen LogP contribution in [0.4, 0.5) is 0 Å². The van der Waals surface area contributed by atoms with E-state index in [2.05, 4.69) is 22.9 Å². The van der Waals surface area contributed by atoms with Gasteiger partial charge in [0.05, 0.1) is 6.54 Å². The van der Waals surface area contributed by atoms with Gasteiger partial charge in [-0.1, -0.05) is 24.6 Å². The molecule has 1 saturated carbocycles. The Labute approximate surface area is 192 Å². The molecule has 0 aromatic heterocycles. The van der Waals surface area contributed by atoms with E-state index in [1.807, 2.05) is 51.1 Å². The number of amides is 1. The first-order valence-corrected chi connectivity index (χ1v) is 10.5. The van der Waals surface area contributed by atoms with E-state index < -0.39 is 0 Å². The summed E-state index contributed by atoms with van der Waals surface area (Å²) in [6, 6.07) is 10.3. The molecule has 1 aromatic carbocycles. The summed E-state index contributed by atoms with van der Waals surface area (Å²) in [5.41, 5.74) is 0. The molecule has 0 spiro atoms. The second-order valence-corrected chi connectivity index (χ2v) is 7.83. The minimum absolute atomic E-state index is 0. The molecule has 0 saturated heterocycles. The van der Waals surface area contributed by atoms with Crippen LogP contribution >= 0.6 is 24.0 Å². The number of hydrogen-bond acceptors (Lipinski definition) is 3. The summed E-state index contributed by atoms with van der Waals surface area (Å²) in [6.45, 7) is 9.45. The Morgan fingerprint density at radius 1 is 1.21 bits per heavy atom. The van der Waals surface area contributed by atoms with E-state index in [4.69, 9.17) is 9.73 Å². The minimum Gasteiger partial charge on any atom is -0.489 e. The molecule has 3 atom stereocenters. The van der Waals surface area contributed by atoms with E-state index in [-0.39, 0.29) is 54.0 Å². The quantitative estimate of drug-likeness (QED) is 0.280. The smallest absolute Gasteiger partial charge is 0.223 e. The molecule has 3 unspecified atom stereocenters. The Balaban J connectivity index is 0.00000420. The van der Waals surface area contributed by atoms with Crippen LogP contribution in [-0.2, 0) is 4.79 Å². The number of hydrogen-bond donors (Lipinski definition) is 3. The molecule has 1 aliphatic carbocycles. The molecule has 1 aliphatic rings. The van der Waals surface area contributed by atoms with Crippen molar-refractivity contribution in [3.8, 4) is 5.75 Å². The first kappa shape index (κ1) is 25.5. The third-order valence-corrected chi connectivity index (χ3v) is 4.75. The molecule has 3 N–H and O–H groups in total. The highest BCUT2D eigenvalue weighted by atomic mass is 127. The second kappa shape index (κ2) is 13.7. The van der Waals surface area contributed by atoms with Crippen LogP contribution in [0, 0.1) is 5.92 Å².